The minimum atomic E-state index is -0.196. The van der Waals surface area contributed by atoms with E-state index in [0.29, 0.717) is 13.2 Å². The van der Waals surface area contributed by atoms with Crippen LogP contribution in [0, 0.1) is 0 Å². The van der Waals surface area contributed by atoms with Crippen LogP contribution < -0.4 is 5.32 Å². The SMILES string of the molecule is CCOC(=O)C1CNCCN1C(C)Cc1ccco1. The fourth-order valence-electron chi connectivity index (χ4n) is 2.54. The molecule has 0 amide bonds. The van der Waals surface area contributed by atoms with Crippen LogP contribution in [-0.2, 0) is 16.0 Å². The van der Waals surface area contributed by atoms with Gasteiger partial charge in [0.2, 0.25) is 0 Å². The summed E-state index contributed by atoms with van der Waals surface area (Å²) >= 11 is 0. The molecule has 1 saturated heterocycles. The van der Waals surface area contributed by atoms with Crippen molar-refractivity contribution in [2.75, 3.05) is 26.2 Å². The van der Waals surface area contributed by atoms with Crippen LogP contribution in [0.15, 0.2) is 22.8 Å². The van der Waals surface area contributed by atoms with E-state index in [4.69, 9.17) is 9.15 Å². The van der Waals surface area contributed by atoms with Crippen LogP contribution in [0.5, 0.6) is 0 Å². The molecule has 0 spiro atoms. The summed E-state index contributed by atoms with van der Waals surface area (Å²) in [4.78, 5) is 14.2. The van der Waals surface area contributed by atoms with Gasteiger partial charge in [0.1, 0.15) is 11.8 Å². The van der Waals surface area contributed by atoms with Crippen LogP contribution in [0.2, 0.25) is 0 Å². The summed E-state index contributed by atoms with van der Waals surface area (Å²) in [5.41, 5.74) is 0. The van der Waals surface area contributed by atoms with Crippen molar-refractivity contribution < 1.29 is 13.9 Å². The molecule has 19 heavy (non-hydrogen) atoms. The molecule has 0 aromatic carbocycles. The van der Waals surface area contributed by atoms with Gasteiger partial charge in [-0.3, -0.25) is 9.69 Å². The topological polar surface area (TPSA) is 54.7 Å². The summed E-state index contributed by atoms with van der Waals surface area (Å²) in [6, 6.07) is 3.92. The van der Waals surface area contributed by atoms with Crippen LogP contribution in [0.3, 0.4) is 0 Å². The third kappa shape index (κ3) is 3.58. The van der Waals surface area contributed by atoms with Crippen molar-refractivity contribution >= 4 is 5.97 Å². The summed E-state index contributed by atoms with van der Waals surface area (Å²) in [5.74, 6) is 0.814. The Labute approximate surface area is 113 Å². The monoisotopic (exact) mass is 266 g/mol. The van der Waals surface area contributed by atoms with E-state index in [2.05, 4.69) is 17.1 Å². The molecule has 1 aromatic heterocycles. The zero-order chi connectivity index (χ0) is 13.7. The first-order valence-electron chi connectivity index (χ1n) is 6.88. The van der Waals surface area contributed by atoms with E-state index >= 15 is 0 Å². The number of carbonyl (C=O) groups is 1. The van der Waals surface area contributed by atoms with Gasteiger partial charge in [-0.15, -0.1) is 0 Å². The standard InChI is InChI=1S/C14H22N2O3/c1-3-18-14(17)13-10-15-6-7-16(13)11(2)9-12-5-4-8-19-12/h4-5,8,11,13,15H,3,6-7,9-10H2,1-2H3. The van der Waals surface area contributed by atoms with Gasteiger partial charge in [-0.05, 0) is 26.0 Å². The number of hydrogen-bond acceptors (Lipinski definition) is 5. The molecule has 1 N–H and O–H groups in total. The zero-order valence-electron chi connectivity index (χ0n) is 11.6. The van der Waals surface area contributed by atoms with Gasteiger partial charge in [0.25, 0.3) is 0 Å². The highest BCUT2D eigenvalue weighted by Gasteiger charge is 2.32. The molecule has 5 nitrogen and oxygen atoms in total. The molecule has 2 atom stereocenters. The Hall–Kier alpha value is -1.33. The lowest BCUT2D eigenvalue weighted by molar-refractivity contribution is -0.151. The molecule has 0 radical (unpaired) electrons. The largest absolute Gasteiger partial charge is 0.469 e. The van der Waals surface area contributed by atoms with E-state index in [1.165, 1.54) is 0 Å². The van der Waals surface area contributed by atoms with Crippen LogP contribution in [0.4, 0.5) is 0 Å². The summed E-state index contributed by atoms with van der Waals surface area (Å²) in [5, 5.41) is 3.25. The highest BCUT2D eigenvalue weighted by molar-refractivity contribution is 5.76. The predicted molar refractivity (Wildman–Crippen MR) is 71.9 cm³/mol. The normalized spacial score (nSPS) is 22.1. The van der Waals surface area contributed by atoms with Crippen LogP contribution in [0.25, 0.3) is 0 Å². The van der Waals surface area contributed by atoms with Gasteiger partial charge in [0, 0.05) is 32.1 Å². The van der Waals surface area contributed by atoms with E-state index in [1.54, 1.807) is 6.26 Å². The van der Waals surface area contributed by atoms with E-state index in [0.717, 1.165) is 25.3 Å². The second kappa shape index (κ2) is 6.73. The average Bonchev–Trinajstić information content (AvgIpc) is 2.92. The van der Waals surface area contributed by atoms with Gasteiger partial charge in [0.05, 0.1) is 12.9 Å². The van der Waals surface area contributed by atoms with Gasteiger partial charge in [-0.2, -0.15) is 0 Å². The molecule has 5 heteroatoms. The fourth-order valence-corrected chi connectivity index (χ4v) is 2.54. The number of esters is 1. The highest BCUT2D eigenvalue weighted by Crippen LogP contribution is 2.15. The number of ether oxygens (including phenoxy) is 1. The summed E-state index contributed by atoms with van der Waals surface area (Å²) in [7, 11) is 0. The first-order valence-corrected chi connectivity index (χ1v) is 6.88. The molecular formula is C14H22N2O3. The minimum absolute atomic E-state index is 0.138. The van der Waals surface area contributed by atoms with Gasteiger partial charge in [-0.25, -0.2) is 0 Å². The number of carbonyl (C=O) groups excluding carboxylic acids is 1. The first kappa shape index (κ1) is 14.1. The van der Waals surface area contributed by atoms with Crippen molar-refractivity contribution in [2.45, 2.75) is 32.4 Å². The quantitative estimate of drug-likeness (QED) is 0.807. The van der Waals surface area contributed by atoms with Crippen molar-refractivity contribution in [1.82, 2.24) is 10.2 Å². The Morgan fingerprint density at radius 1 is 1.68 bits per heavy atom. The Morgan fingerprint density at radius 2 is 2.53 bits per heavy atom. The number of nitrogens with zero attached hydrogens (tertiary/aromatic N) is 1. The van der Waals surface area contributed by atoms with Crippen LogP contribution >= 0.6 is 0 Å². The summed E-state index contributed by atoms with van der Waals surface area (Å²) < 4.78 is 10.5. The molecule has 2 heterocycles. The Kier molecular flexibility index (Phi) is 4.99. The number of rotatable bonds is 5. The van der Waals surface area contributed by atoms with E-state index < -0.39 is 0 Å². The lowest BCUT2D eigenvalue weighted by Gasteiger charge is -2.38. The summed E-state index contributed by atoms with van der Waals surface area (Å²) in [6.45, 7) is 6.80. The number of furan rings is 1. The Bertz CT molecular complexity index is 391. The highest BCUT2D eigenvalue weighted by atomic mass is 16.5. The molecule has 1 fully saturated rings. The molecule has 2 rings (SSSR count). The molecule has 1 aliphatic rings. The Balaban J connectivity index is 1.99. The lowest BCUT2D eigenvalue weighted by atomic mass is 10.1. The van der Waals surface area contributed by atoms with Crippen molar-refractivity contribution in [1.29, 1.82) is 0 Å². The predicted octanol–water partition coefficient (Wildman–Crippen LogP) is 1.05. The maximum Gasteiger partial charge on any atom is 0.324 e. The third-order valence-corrected chi connectivity index (χ3v) is 3.49. The van der Waals surface area contributed by atoms with E-state index in [-0.39, 0.29) is 18.1 Å². The van der Waals surface area contributed by atoms with E-state index in [9.17, 15) is 4.79 Å². The lowest BCUT2D eigenvalue weighted by Crippen LogP contribution is -2.58. The zero-order valence-corrected chi connectivity index (χ0v) is 11.6. The first-order chi connectivity index (χ1) is 9.22. The molecule has 0 aliphatic carbocycles. The molecule has 2 unspecified atom stereocenters. The van der Waals surface area contributed by atoms with Gasteiger partial charge in [0.15, 0.2) is 0 Å². The molecule has 1 aromatic rings. The van der Waals surface area contributed by atoms with E-state index in [1.807, 2.05) is 19.1 Å². The third-order valence-electron chi connectivity index (χ3n) is 3.49. The number of piperazine rings is 1. The molecule has 0 saturated carbocycles. The van der Waals surface area contributed by atoms with Crippen LogP contribution in [-0.4, -0.2) is 49.2 Å². The van der Waals surface area contributed by atoms with Crippen molar-refractivity contribution in [3.05, 3.63) is 24.2 Å². The van der Waals surface area contributed by atoms with Gasteiger partial charge >= 0.3 is 5.97 Å². The van der Waals surface area contributed by atoms with Gasteiger partial charge < -0.3 is 14.5 Å². The molecular weight excluding hydrogens is 244 g/mol. The second-order valence-electron chi connectivity index (χ2n) is 4.84. The summed E-state index contributed by atoms with van der Waals surface area (Å²) in [6.07, 6.45) is 2.49. The van der Waals surface area contributed by atoms with Crippen molar-refractivity contribution in [3.63, 3.8) is 0 Å². The van der Waals surface area contributed by atoms with Crippen molar-refractivity contribution in [2.24, 2.45) is 0 Å². The smallest absolute Gasteiger partial charge is 0.324 e. The average molecular weight is 266 g/mol. The maximum atomic E-state index is 12.0. The number of nitrogens with one attached hydrogen (secondary N) is 1. The molecule has 0 bridgehead atoms. The molecule has 106 valence electrons. The van der Waals surface area contributed by atoms with Crippen LogP contribution in [0.1, 0.15) is 19.6 Å². The van der Waals surface area contributed by atoms with Gasteiger partial charge in [-0.1, -0.05) is 0 Å². The maximum absolute atomic E-state index is 12.0. The number of hydrogen-bond donors (Lipinski definition) is 1. The van der Waals surface area contributed by atoms with Crippen molar-refractivity contribution in [3.8, 4) is 0 Å². The molecule has 1 aliphatic heterocycles. The fraction of sp³-hybridized carbons (Fsp3) is 0.643. The second-order valence-corrected chi connectivity index (χ2v) is 4.84. The minimum Gasteiger partial charge on any atom is -0.469 e. The Morgan fingerprint density at radius 3 is 3.21 bits per heavy atom.